The van der Waals surface area contributed by atoms with Crippen LogP contribution < -0.4 is 5.32 Å². The first kappa shape index (κ1) is 12.8. The van der Waals surface area contributed by atoms with Crippen LogP contribution >= 0.6 is 15.9 Å². The number of benzene rings is 1. The number of amides is 1. The fourth-order valence-corrected chi connectivity index (χ4v) is 1.68. The van der Waals surface area contributed by atoms with Gasteiger partial charge in [-0.05, 0) is 37.1 Å². The van der Waals surface area contributed by atoms with Crippen molar-refractivity contribution in [1.82, 2.24) is 5.32 Å². The molecule has 0 aliphatic carbocycles. The second-order valence-electron chi connectivity index (χ2n) is 3.59. The van der Waals surface area contributed by atoms with Crippen molar-refractivity contribution >= 4 is 27.6 Å². The van der Waals surface area contributed by atoms with Crippen molar-refractivity contribution in [2.24, 2.45) is 0 Å². The molecular weight excluding hydrogens is 270 g/mol. The molecule has 0 bridgehead atoms. The molecule has 1 rings (SSSR count). The lowest BCUT2D eigenvalue weighted by Gasteiger charge is -2.08. The first-order valence-corrected chi connectivity index (χ1v) is 5.72. The Balaban J connectivity index is 2.76. The summed E-state index contributed by atoms with van der Waals surface area (Å²) in [5.74, 6) is 0. The number of hydrogen-bond acceptors (Lipinski definition) is 1. The van der Waals surface area contributed by atoms with Gasteiger partial charge in [-0.15, -0.1) is 0 Å². The third-order valence-electron chi connectivity index (χ3n) is 2.15. The van der Waals surface area contributed by atoms with E-state index in [-0.39, 0.29) is 6.04 Å². The van der Waals surface area contributed by atoms with Gasteiger partial charge in [0.15, 0.2) is 0 Å². The summed E-state index contributed by atoms with van der Waals surface area (Å²) < 4.78 is 1.03. The van der Waals surface area contributed by atoms with Gasteiger partial charge in [0.05, 0.1) is 0 Å². The Morgan fingerprint density at radius 2 is 2.00 bits per heavy atom. The van der Waals surface area contributed by atoms with Crippen molar-refractivity contribution in [3.05, 3.63) is 40.4 Å². The minimum atomic E-state index is -1.01. The van der Waals surface area contributed by atoms with Gasteiger partial charge in [-0.1, -0.05) is 34.1 Å². The van der Waals surface area contributed by atoms with Crippen LogP contribution in [-0.4, -0.2) is 17.2 Å². The Bertz CT molecular complexity index is 398. The van der Waals surface area contributed by atoms with Crippen LogP contribution in [0.4, 0.5) is 4.79 Å². The van der Waals surface area contributed by atoms with Crippen molar-refractivity contribution < 1.29 is 9.90 Å². The Hall–Kier alpha value is -1.29. The predicted octanol–water partition coefficient (Wildman–Crippen LogP) is 3.51. The SMILES string of the molecule is CC(=C[C@@H](C)NC(=O)O)c1ccc(Br)cc1. The largest absolute Gasteiger partial charge is 0.465 e. The molecule has 86 valence electrons. The minimum absolute atomic E-state index is 0.193. The maximum atomic E-state index is 10.4. The molecule has 0 aliphatic rings. The molecule has 0 heterocycles. The molecule has 0 saturated carbocycles. The predicted molar refractivity (Wildman–Crippen MR) is 68.4 cm³/mol. The van der Waals surface area contributed by atoms with Gasteiger partial charge in [-0.25, -0.2) is 4.79 Å². The highest BCUT2D eigenvalue weighted by Gasteiger charge is 2.03. The average Bonchev–Trinajstić information content (AvgIpc) is 2.16. The van der Waals surface area contributed by atoms with E-state index in [2.05, 4.69) is 21.2 Å². The Kier molecular flexibility index (Phi) is 4.55. The van der Waals surface area contributed by atoms with Gasteiger partial charge in [-0.2, -0.15) is 0 Å². The molecule has 0 radical (unpaired) electrons. The number of carboxylic acid groups (broad SMARTS) is 1. The highest BCUT2D eigenvalue weighted by molar-refractivity contribution is 9.10. The zero-order valence-electron chi connectivity index (χ0n) is 9.20. The standard InChI is InChI=1S/C12H14BrNO2/c1-8(7-9(2)14-12(15)16)10-3-5-11(13)6-4-10/h3-7,9,14H,1-2H3,(H,15,16)/t9-/m1/s1. The molecule has 0 aliphatic heterocycles. The Labute approximate surface area is 103 Å². The van der Waals surface area contributed by atoms with Crippen LogP contribution in [0.2, 0.25) is 0 Å². The number of carbonyl (C=O) groups is 1. The maximum Gasteiger partial charge on any atom is 0.405 e. The van der Waals surface area contributed by atoms with Gasteiger partial charge in [0.2, 0.25) is 0 Å². The van der Waals surface area contributed by atoms with Gasteiger partial charge in [-0.3, -0.25) is 0 Å². The van der Waals surface area contributed by atoms with E-state index in [4.69, 9.17) is 5.11 Å². The average molecular weight is 284 g/mol. The van der Waals surface area contributed by atoms with Crippen LogP contribution in [-0.2, 0) is 0 Å². The summed E-state index contributed by atoms with van der Waals surface area (Å²) in [5.41, 5.74) is 2.14. The Morgan fingerprint density at radius 3 is 2.50 bits per heavy atom. The third kappa shape index (κ3) is 4.06. The van der Waals surface area contributed by atoms with Crippen molar-refractivity contribution in [1.29, 1.82) is 0 Å². The molecule has 16 heavy (non-hydrogen) atoms. The molecule has 3 nitrogen and oxygen atoms in total. The smallest absolute Gasteiger partial charge is 0.405 e. The lowest BCUT2D eigenvalue weighted by Crippen LogP contribution is -2.29. The zero-order valence-corrected chi connectivity index (χ0v) is 10.8. The van der Waals surface area contributed by atoms with Crippen molar-refractivity contribution in [3.8, 4) is 0 Å². The number of rotatable bonds is 3. The lowest BCUT2D eigenvalue weighted by molar-refractivity contribution is 0.193. The van der Waals surface area contributed by atoms with Crippen molar-refractivity contribution in [2.45, 2.75) is 19.9 Å². The van der Waals surface area contributed by atoms with Crippen LogP contribution in [0.5, 0.6) is 0 Å². The molecule has 1 aromatic rings. The van der Waals surface area contributed by atoms with E-state index in [9.17, 15) is 4.79 Å². The highest BCUT2D eigenvalue weighted by Crippen LogP contribution is 2.17. The summed E-state index contributed by atoms with van der Waals surface area (Å²) in [6, 6.07) is 7.71. The quantitative estimate of drug-likeness (QED) is 0.892. The number of allylic oxidation sites excluding steroid dienone is 1. The molecule has 1 aromatic carbocycles. The van der Waals surface area contributed by atoms with E-state index in [1.807, 2.05) is 37.3 Å². The van der Waals surface area contributed by atoms with E-state index in [1.54, 1.807) is 6.92 Å². The summed E-state index contributed by atoms with van der Waals surface area (Å²) in [5, 5.41) is 10.9. The first-order chi connectivity index (χ1) is 7.49. The fourth-order valence-electron chi connectivity index (χ4n) is 1.42. The normalized spacial score (nSPS) is 13.3. The van der Waals surface area contributed by atoms with Crippen molar-refractivity contribution in [2.75, 3.05) is 0 Å². The third-order valence-corrected chi connectivity index (χ3v) is 2.68. The summed E-state index contributed by atoms with van der Waals surface area (Å²) in [7, 11) is 0. The second kappa shape index (κ2) is 5.70. The molecule has 0 fully saturated rings. The monoisotopic (exact) mass is 283 g/mol. The second-order valence-corrected chi connectivity index (χ2v) is 4.51. The Morgan fingerprint density at radius 1 is 1.44 bits per heavy atom. The van der Waals surface area contributed by atoms with Gasteiger partial charge in [0.25, 0.3) is 0 Å². The summed E-state index contributed by atoms with van der Waals surface area (Å²) >= 11 is 3.37. The van der Waals surface area contributed by atoms with Crippen LogP contribution in [0, 0.1) is 0 Å². The molecule has 0 unspecified atom stereocenters. The van der Waals surface area contributed by atoms with E-state index in [0.29, 0.717) is 0 Å². The van der Waals surface area contributed by atoms with E-state index in [0.717, 1.165) is 15.6 Å². The maximum absolute atomic E-state index is 10.4. The van der Waals surface area contributed by atoms with E-state index >= 15 is 0 Å². The zero-order chi connectivity index (χ0) is 12.1. The fraction of sp³-hybridized carbons (Fsp3) is 0.250. The topological polar surface area (TPSA) is 49.3 Å². The minimum Gasteiger partial charge on any atom is -0.465 e. The number of hydrogen-bond donors (Lipinski definition) is 2. The summed E-state index contributed by atoms with van der Waals surface area (Å²) in [6.45, 7) is 3.76. The van der Waals surface area contributed by atoms with Crippen LogP contribution in [0.3, 0.4) is 0 Å². The van der Waals surface area contributed by atoms with Crippen molar-refractivity contribution in [3.63, 3.8) is 0 Å². The molecule has 4 heteroatoms. The number of nitrogens with one attached hydrogen (secondary N) is 1. The molecule has 1 atom stereocenters. The molecule has 0 spiro atoms. The molecule has 0 aromatic heterocycles. The number of halogens is 1. The molecule has 1 amide bonds. The summed E-state index contributed by atoms with van der Waals surface area (Å²) in [4.78, 5) is 10.4. The van der Waals surface area contributed by atoms with Crippen LogP contribution in [0.15, 0.2) is 34.8 Å². The van der Waals surface area contributed by atoms with Gasteiger partial charge in [0.1, 0.15) is 0 Å². The molecular formula is C12H14BrNO2. The van der Waals surface area contributed by atoms with Crippen LogP contribution in [0.25, 0.3) is 5.57 Å². The van der Waals surface area contributed by atoms with E-state index < -0.39 is 6.09 Å². The summed E-state index contributed by atoms with van der Waals surface area (Å²) in [6.07, 6.45) is 0.879. The lowest BCUT2D eigenvalue weighted by atomic mass is 10.1. The van der Waals surface area contributed by atoms with E-state index in [1.165, 1.54) is 0 Å². The van der Waals surface area contributed by atoms with Gasteiger partial charge >= 0.3 is 6.09 Å². The van der Waals surface area contributed by atoms with Gasteiger partial charge in [0, 0.05) is 10.5 Å². The first-order valence-electron chi connectivity index (χ1n) is 4.93. The molecule has 0 saturated heterocycles. The highest BCUT2D eigenvalue weighted by atomic mass is 79.9. The molecule has 2 N–H and O–H groups in total. The van der Waals surface area contributed by atoms with Gasteiger partial charge < -0.3 is 10.4 Å². The van der Waals surface area contributed by atoms with Crippen LogP contribution in [0.1, 0.15) is 19.4 Å².